The van der Waals surface area contributed by atoms with Crippen molar-refractivity contribution in [2.24, 2.45) is 0 Å². The molecule has 6 nitrogen and oxygen atoms in total. The topological polar surface area (TPSA) is 82.5 Å². The minimum Gasteiger partial charge on any atom is -0.480 e. The lowest BCUT2D eigenvalue weighted by Crippen LogP contribution is -2.35. The third-order valence-electron chi connectivity index (χ3n) is 4.05. The van der Waals surface area contributed by atoms with Gasteiger partial charge in [0.25, 0.3) is 5.91 Å². The van der Waals surface area contributed by atoms with Crippen LogP contribution in [0.2, 0.25) is 0 Å². The second-order valence-electron chi connectivity index (χ2n) is 5.75. The maximum atomic E-state index is 12.0. The number of carboxylic acids is 1. The Labute approximate surface area is 144 Å². The summed E-state index contributed by atoms with van der Waals surface area (Å²) in [6, 6.07) is 8.64. The SMILES string of the molecule is O=C(NCc1nc(CN2CCCC2C(=O)O)cs1)c1ccccc1. The Morgan fingerprint density at radius 3 is 2.88 bits per heavy atom. The number of carbonyl (C=O) groups is 2. The fraction of sp³-hybridized carbons (Fsp3) is 0.353. The molecule has 7 heteroatoms. The molecule has 1 fully saturated rings. The third-order valence-corrected chi connectivity index (χ3v) is 4.95. The van der Waals surface area contributed by atoms with Crippen LogP contribution in [0.5, 0.6) is 0 Å². The third kappa shape index (κ3) is 3.98. The highest BCUT2D eigenvalue weighted by molar-refractivity contribution is 7.09. The fourth-order valence-corrected chi connectivity index (χ4v) is 3.58. The lowest BCUT2D eigenvalue weighted by molar-refractivity contribution is -0.142. The molecule has 0 radical (unpaired) electrons. The molecule has 1 atom stereocenters. The van der Waals surface area contributed by atoms with Crippen molar-refractivity contribution < 1.29 is 14.7 Å². The lowest BCUT2D eigenvalue weighted by Gasteiger charge is -2.19. The van der Waals surface area contributed by atoms with Crippen molar-refractivity contribution in [2.45, 2.75) is 32.0 Å². The first-order chi connectivity index (χ1) is 11.6. The first-order valence-corrected chi connectivity index (χ1v) is 8.75. The maximum Gasteiger partial charge on any atom is 0.320 e. The molecule has 1 aromatic carbocycles. The summed E-state index contributed by atoms with van der Waals surface area (Å²) in [5, 5.41) is 14.8. The molecule has 0 bridgehead atoms. The van der Waals surface area contributed by atoms with E-state index in [1.54, 1.807) is 12.1 Å². The Hall–Kier alpha value is -2.25. The molecule has 2 aromatic rings. The zero-order valence-corrected chi connectivity index (χ0v) is 14.0. The van der Waals surface area contributed by atoms with Gasteiger partial charge in [0.05, 0.1) is 12.2 Å². The Morgan fingerprint density at radius 1 is 1.33 bits per heavy atom. The second-order valence-corrected chi connectivity index (χ2v) is 6.69. The highest BCUT2D eigenvalue weighted by Crippen LogP contribution is 2.21. The van der Waals surface area contributed by atoms with Crippen LogP contribution in [-0.2, 0) is 17.9 Å². The predicted octanol–water partition coefficient (Wildman–Crippen LogP) is 2.12. The number of carbonyl (C=O) groups excluding carboxylic acids is 1. The molecule has 0 aliphatic carbocycles. The molecule has 3 rings (SSSR count). The predicted molar refractivity (Wildman–Crippen MR) is 90.8 cm³/mol. The zero-order chi connectivity index (χ0) is 16.9. The van der Waals surface area contributed by atoms with Gasteiger partial charge < -0.3 is 10.4 Å². The number of likely N-dealkylation sites (tertiary alicyclic amines) is 1. The van der Waals surface area contributed by atoms with Crippen molar-refractivity contribution in [1.82, 2.24) is 15.2 Å². The maximum absolute atomic E-state index is 12.0. The molecule has 2 N–H and O–H groups in total. The van der Waals surface area contributed by atoms with Gasteiger partial charge in [0.2, 0.25) is 0 Å². The molecule has 0 saturated carbocycles. The van der Waals surface area contributed by atoms with E-state index in [0.717, 1.165) is 23.7 Å². The van der Waals surface area contributed by atoms with Crippen molar-refractivity contribution in [1.29, 1.82) is 0 Å². The minimum atomic E-state index is -0.766. The van der Waals surface area contributed by atoms with Crippen molar-refractivity contribution in [3.63, 3.8) is 0 Å². The molecule has 24 heavy (non-hydrogen) atoms. The number of amides is 1. The van der Waals surface area contributed by atoms with Crippen LogP contribution in [0.15, 0.2) is 35.7 Å². The van der Waals surface area contributed by atoms with Crippen molar-refractivity contribution in [2.75, 3.05) is 6.54 Å². The summed E-state index contributed by atoms with van der Waals surface area (Å²) >= 11 is 1.48. The number of hydrogen-bond acceptors (Lipinski definition) is 5. The van der Waals surface area contributed by atoms with Crippen LogP contribution in [0.25, 0.3) is 0 Å². The van der Waals surface area contributed by atoms with Gasteiger partial charge in [0.1, 0.15) is 11.0 Å². The summed E-state index contributed by atoms with van der Waals surface area (Å²) in [5.41, 5.74) is 1.48. The first-order valence-electron chi connectivity index (χ1n) is 7.87. The quantitative estimate of drug-likeness (QED) is 0.838. The van der Waals surface area contributed by atoms with Gasteiger partial charge in [0.15, 0.2) is 0 Å². The van der Waals surface area contributed by atoms with E-state index in [1.807, 2.05) is 28.5 Å². The van der Waals surface area contributed by atoms with E-state index in [-0.39, 0.29) is 5.91 Å². The smallest absolute Gasteiger partial charge is 0.320 e. The Kier molecular flexibility index (Phi) is 5.22. The first kappa shape index (κ1) is 16.6. The number of aromatic nitrogens is 1. The molecule has 126 valence electrons. The van der Waals surface area contributed by atoms with E-state index in [0.29, 0.717) is 25.1 Å². The summed E-state index contributed by atoms with van der Waals surface area (Å²) in [4.78, 5) is 29.7. The van der Waals surface area contributed by atoms with Crippen LogP contribution in [0.1, 0.15) is 33.9 Å². The summed E-state index contributed by atoms with van der Waals surface area (Å²) in [7, 11) is 0. The molecular formula is C17H19N3O3S. The molecule has 1 aliphatic heterocycles. The standard InChI is InChI=1S/C17H19N3O3S/c21-16(12-5-2-1-3-6-12)18-9-15-19-13(11-24-15)10-20-8-4-7-14(20)17(22)23/h1-3,5-6,11,14H,4,7-10H2,(H,18,21)(H,22,23). The monoisotopic (exact) mass is 345 g/mol. The normalized spacial score (nSPS) is 17.8. The van der Waals surface area contributed by atoms with E-state index >= 15 is 0 Å². The largest absolute Gasteiger partial charge is 0.480 e. The van der Waals surface area contributed by atoms with Crippen molar-refractivity contribution in [3.05, 3.63) is 52.0 Å². The highest BCUT2D eigenvalue weighted by atomic mass is 32.1. The Bertz CT molecular complexity index is 717. The zero-order valence-electron chi connectivity index (χ0n) is 13.1. The van der Waals surface area contributed by atoms with Gasteiger partial charge in [-0.05, 0) is 31.5 Å². The number of aliphatic carboxylic acids is 1. The fourth-order valence-electron chi connectivity index (χ4n) is 2.85. The van der Waals surface area contributed by atoms with Gasteiger partial charge in [-0.15, -0.1) is 11.3 Å². The van der Waals surface area contributed by atoms with Crippen LogP contribution >= 0.6 is 11.3 Å². The summed E-state index contributed by atoms with van der Waals surface area (Å²) in [6.45, 7) is 1.70. The van der Waals surface area contributed by atoms with E-state index in [2.05, 4.69) is 10.3 Å². The molecule has 1 unspecified atom stereocenters. The van der Waals surface area contributed by atoms with E-state index in [9.17, 15) is 14.7 Å². The molecule has 1 aromatic heterocycles. The highest BCUT2D eigenvalue weighted by Gasteiger charge is 2.30. The number of rotatable bonds is 6. The number of benzene rings is 1. The molecule has 1 saturated heterocycles. The van der Waals surface area contributed by atoms with Crippen LogP contribution < -0.4 is 5.32 Å². The molecule has 1 aliphatic rings. The molecule has 1 amide bonds. The average Bonchev–Trinajstić information content (AvgIpc) is 3.23. The van der Waals surface area contributed by atoms with Gasteiger partial charge in [-0.3, -0.25) is 14.5 Å². The van der Waals surface area contributed by atoms with Crippen LogP contribution in [0.3, 0.4) is 0 Å². The van der Waals surface area contributed by atoms with E-state index in [1.165, 1.54) is 11.3 Å². The van der Waals surface area contributed by atoms with Crippen LogP contribution in [0.4, 0.5) is 0 Å². The number of carboxylic acid groups (broad SMARTS) is 1. The van der Waals surface area contributed by atoms with Crippen molar-refractivity contribution in [3.8, 4) is 0 Å². The molecular weight excluding hydrogens is 326 g/mol. The average molecular weight is 345 g/mol. The number of nitrogens with one attached hydrogen (secondary N) is 1. The van der Waals surface area contributed by atoms with E-state index in [4.69, 9.17) is 0 Å². The second kappa shape index (κ2) is 7.55. The summed E-state index contributed by atoms with van der Waals surface area (Å²) < 4.78 is 0. The van der Waals surface area contributed by atoms with Crippen LogP contribution in [-0.4, -0.2) is 39.5 Å². The minimum absolute atomic E-state index is 0.127. The molecule has 0 spiro atoms. The van der Waals surface area contributed by atoms with E-state index < -0.39 is 12.0 Å². The Morgan fingerprint density at radius 2 is 2.12 bits per heavy atom. The van der Waals surface area contributed by atoms with Crippen LogP contribution in [0, 0.1) is 0 Å². The van der Waals surface area contributed by atoms with Gasteiger partial charge in [-0.25, -0.2) is 4.98 Å². The van der Waals surface area contributed by atoms with Gasteiger partial charge in [-0.2, -0.15) is 0 Å². The summed E-state index contributed by atoms with van der Waals surface area (Å²) in [5.74, 6) is -0.893. The number of hydrogen-bond donors (Lipinski definition) is 2. The van der Waals surface area contributed by atoms with Crippen molar-refractivity contribution >= 4 is 23.2 Å². The van der Waals surface area contributed by atoms with Gasteiger partial charge >= 0.3 is 5.97 Å². The molecule has 2 heterocycles. The lowest BCUT2D eigenvalue weighted by atomic mass is 10.2. The number of nitrogens with zero attached hydrogens (tertiary/aromatic N) is 2. The van der Waals surface area contributed by atoms with Gasteiger partial charge in [-0.1, -0.05) is 18.2 Å². The number of thiazole rings is 1. The summed E-state index contributed by atoms with van der Waals surface area (Å²) in [6.07, 6.45) is 1.60. The van der Waals surface area contributed by atoms with Gasteiger partial charge in [0, 0.05) is 17.5 Å². The Balaban J connectivity index is 1.54.